The molecular weight excluding hydrogens is 672 g/mol. The zero-order valence-electron chi connectivity index (χ0n) is 44.5. The van der Waals surface area contributed by atoms with Gasteiger partial charge in [-0.1, -0.05) is 126 Å². The molecule has 6 aromatic rings. The van der Waals surface area contributed by atoms with Crippen LogP contribution in [0.5, 0.6) is 0 Å². The molecule has 0 saturated heterocycles. The molecule has 0 aliphatic carbocycles. The van der Waals surface area contributed by atoms with Crippen molar-refractivity contribution in [3.63, 3.8) is 0 Å². The number of hydrogen-bond donors (Lipinski definition) is 0. The van der Waals surface area contributed by atoms with Gasteiger partial charge in [-0.15, -0.1) is 0 Å². The highest BCUT2D eigenvalue weighted by atomic mass is 32.4. The molecule has 3 aliphatic heterocycles. The Bertz CT molecular complexity index is 3260. The van der Waals surface area contributed by atoms with Gasteiger partial charge in [0.15, 0.2) is 0 Å². The Morgan fingerprint density at radius 2 is 0.717 bits per heavy atom. The Morgan fingerprint density at radius 1 is 0.457 bits per heavy atom. The normalized spacial score (nSPS) is 30.2. The zero-order chi connectivity index (χ0) is 49.6. The van der Waals surface area contributed by atoms with Gasteiger partial charge in [0, 0.05) is 58.2 Å². The smallest absolute Gasteiger partial charge is 0.0644 e. The molecule has 0 spiro atoms. The summed E-state index contributed by atoms with van der Waals surface area (Å²) in [5, 5.41) is -1.36. The lowest BCUT2D eigenvalue weighted by Crippen LogP contribution is -2.53. The van der Waals surface area contributed by atoms with Crippen LogP contribution in [0.15, 0.2) is 127 Å². The van der Waals surface area contributed by atoms with Crippen LogP contribution in [0.3, 0.4) is 0 Å². The maximum atomic E-state index is 9.38. The Hall–Kier alpha value is -2.93. The van der Waals surface area contributed by atoms with Crippen molar-refractivity contribution < 1.29 is 28.8 Å². The maximum Gasteiger partial charge on any atom is 0.0644 e. The number of anilines is 3. The van der Waals surface area contributed by atoms with Crippen molar-refractivity contribution in [3.8, 4) is 0 Å². The van der Waals surface area contributed by atoms with E-state index in [4.69, 9.17) is 56.0 Å². The molecule has 0 fully saturated rings. The summed E-state index contributed by atoms with van der Waals surface area (Å²) in [5.41, 5.74) is -0.356. The van der Waals surface area contributed by atoms with Crippen LogP contribution in [0.1, 0.15) is 45.5 Å². The number of nitrogens with zero attached hydrogens (tertiary/aromatic N) is 1. The standard InChI is InChI=1S/C39H30NP3S3/c1-25-19-31-37-32(20-25)42(45,29-15-9-5-10-16-29)34-22-27(3)24-36-39(34)40(37)38-33(41(31,44)28-13-7-4-8-14-28)21-26(2)23-35(38)43(36,46)30-17-11-6-12-18-30/h4-24H,1-3H3/i1D3,2D3,4D,5D,6D,7D,8D,9D,10D,11D,12D,13D,14D,15D,16D,17D,18D. The summed E-state index contributed by atoms with van der Waals surface area (Å²) in [6.45, 7) is -4.37. The van der Waals surface area contributed by atoms with Crippen LogP contribution in [0, 0.1) is 20.6 Å². The summed E-state index contributed by atoms with van der Waals surface area (Å²) in [6.07, 6.45) is 0. The Morgan fingerprint density at radius 3 is 0.978 bits per heavy atom. The average Bonchev–Trinajstić information content (AvgIpc) is 3.25. The third kappa shape index (κ3) is 3.61. The molecule has 7 heteroatoms. The minimum absolute atomic E-state index is 0.00594. The third-order valence-corrected chi connectivity index (χ3v) is 22.3. The van der Waals surface area contributed by atoms with Crippen LogP contribution in [0.25, 0.3) is 0 Å². The quantitative estimate of drug-likeness (QED) is 0.197. The molecule has 0 N–H and O–H groups in total. The minimum atomic E-state index is -4.51. The molecule has 0 bridgehead atoms. The van der Waals surface area contributed by atoms with Crippen LogP contribution in [0.2, 0.25) is 0 Å². The van der Waals surface area contributed by atoms with Crippen molar-refractivity contribution in [2.45, 2.75) is 20.6 Å². The monoisotopic (exact) mass is 722 g/mol. The Kier molecular flexibility index (Phi) is 3.20. The van der Waals surface area contributed by atoms with E-state index < -0.39 is 139 Å². The lowest BCUT2D eigenvalue weighted by Gasteiger charge is -2.52. The average molecular weight is 723 g/mol. The van der Waals surface area contributed by atoms with E-state index in [1.54, 1.807) is 24.0 Å². The molecule has 2 unspecified atom stereocenters. The predicted molar refractivity (Wildman–Crippen MR) is 214 cm³/mol. The Balaban J connectivity index is 1.68. The van der Waals surface area contributed by atoms with Gasteiger partial charge in [-0.2, -0.15) is 0 Å². The van der Waals surface area contributed by atoms with E-state index in [9.17, 15) is 8.22 Å². The highest BCUT2D eigenvalue weighted by molar-refractivity contribution is 8.28. The van der Waals surface area contributed by atoms with Gasteiger partial charge in [-0.05, 0) is 89.6 Å². The minimum Gasteiger partial charge on any atom is -0.306 e. The van der Waals surface area contributed by atoms with Crippen molar-refractivity contribution in [3.05, 3.63) is 144 Å². The summed E-state index contributed by atoms with van der Waals surface area (Å²) in [4.78, 5) is 1.60. The van der Waals surface area contributed by atoms with Crippen molar-refractivity contribution in [1.29, 1.82) is 0 Å². The first-order valence-corrected chi connectivity index (χ1v) is 22.1. The summed E-state index contributed by atoms with van der Waals surface area (Å²) in [5.74, 6) is 0. The van der Waals surface area contributed by atoms with Gasteiger partial charge in [-0.3, -0.25) is 0 Å². The fraction of sp³-hybridized carbons (Fsp3) is 0.0769. The van der Waals surface area contributed by atoms with Crippen molar-refractivity contribution in [2.24, 2.45) is 0 Å². The summed E-state index contributed by atoms with van der Waals surface area (Å²) < 4.78 is 187. The van der Waals surface area contributed by atoms with E-state index in [1.807, 2.05) is 0 Å². The second-order valence-electron chi connectivity index (χ2n) is 11.0. The van der Waals surface area contributed by atoms with E-state index in [0.29, 0.717) is 5.56 Å². The van der Waals surface area contributed by atoms with Gasteiger partial charge in [0.05, 0.1) is 37.6 Å². The van der Waals surface area contributed by atoms with Gasteiger partial charge >= 0.3 is 0 Å². The number of rotatable bonds is 3. The molecule has 3 aliphatic rings. The first-order chi connectivity index (χ1) is 30.8. The highest BCUT2D eigenvalue weighted by Gasteiger charge is 2.52. The molecule has 2 atom stereocenters. The molecule has 46 heavy (non-hydrogen) atoms. The van der Waals surface area contributed by atoms with Crippen LogP contribution in [0.4, 0.5) is 17.1 Å². The topological polar surface area (TPSA) is 3.24 Å². The molecule has 0 saturated carbocycles. The molecule has 9 rings (SSSR count). The lowest BCUT2D eigenvalue weighted by molar-refractivity contribution is 1.31. The molecule has 224 valence electrons. The van der Waals surface area contributed by atoms with E-state index in [1.165, 1.54) is 24.3 Å². The molecule has 6 aromatic carbocycles. The zero-order valence-corrected chi connectivity index (χ0v) is 28.6. The first kappa shape index (κ1) is 14.7. The van der Waals surface area contributed by atoms with Crippen molar-refractivity contribution in [1.82, 2.24) is 0 Å². The number of hydrogen-bond acceptors (Lipinski definition) is 4. The molecule has 1 nitrogen and oxygen atoms in total. The maximum absolute atomic E-state index is 9.38. The second kappa shape index (κ2) is 10.0. The summed E-state index contributed by atoms with van der Waals surface area (Å²) in [7, 11) is 0. The second-order valence-corrected chi connectivity index (χ2v) is 23.8. The molecule has 0 radical (unpaired) electrons. The van der Waals surface area contributed by atoms with E-state index in [-0.39, 0.29) is 59.5 Å². The highest BCUT2D eigenvalue weighted by Crippen LogP contribution is 2.65. The SMILES string of the molecule is [2H]c1c([2H])c([2H])c(P2(=S)c3cc(C)cc4c3N3c5c2cc(C([2H])([2H])[2H])cc5P(=S)(c2c([2H])c([2H])c([2H])c([2H])c2[2H])c2cc(C([2H])([2H])[2H])cc(c23)P4(=S)c2c([2H])c([2H])c([2H])c([2H])c2[2H])c([2H])c1[2H]. The lowest BCUT2D eigenvalue weighted by atomic mass is 10.1. The van der Waals surface area contributed by atoms with E-state index >= 15 is 0 Å². The molecular formula is C39H30NP3S3. The number of benzene rings is 6. The fourth-order valence-corrected chi connectivity index (χ4v) is 19.0. The summed E-state index contributed by atoms with van der Waals surface area (Å²) >= 11 is 20.5. The van der Waals surface area contributed by atoms with Gasteiger partial charge < -0.3 is 4.90 Å². The van der Waals surface area contributed by atoms with Gasteiger partial charge in [-0.25, -0.2) is 0 Å². The fourth-order valence-electron chi connectivity index (χ4n) is 6.73. The van der Waals surface area contributed by atoms with Crippen molar-refractivity contribution >= 4 is 118 Å². The number of aryl methyl sites for hydroxylation is 3. The van der Waals surface area contributed by atoms with Crippen LogP contribution < -0.4 is 52.6 Å². The van der Waals surface area contributed by atoms with E-state index in [0.717, 1.165) is 0 Å². The van der Waals surface area contributed by atoms with Crippen LogP contribution >= 0.6 is 18.1 Å². The third-order valence-electron chi connectivity index (χ3n) is 8.46. The molecule has 3 heterocycles. The van der Waals surface area contributed by atoms with Crippen LogP contribution in [-0.4, -0.2) is 0 Å². The summed E-state index contributed by atoms with van der Waals surface area (Å²) in [6, 6.07) is -16.4. The van der Waals surface area contributed by atoms with Gasteiger partial charge in [0.1, 0.15) is 0 Å². The largest absolute Gasteiger partial charge is 0.306 e. The predicted octanol–water partition coefficient (Wildman–Crippen LogP) is 6.29. The Labute approximate surface area is 315 Å². The molecule has 0 aromatic heterocycles. The van der Waals surface area contributed by atoms with Crippen LogP contribution in [-0.2, 0) is 35.4 Å². The van der Waals surface area contributed by atoms with E-state index in [2.05, 4.69) is 0 Å². The molecule has 0 amide bonds. The van der Waals surface area contributed by atoms with Gasteiger partial charge in [0.25, 0.3) is 0 Å². The first-order valence-electron chi connectivity index (χ1n) is 24.2. The van der Waals surface area contributed by atoms with Gasteiger partial charge in [0.2, 0.25) is 0 Å². The van der Waals surface area contributed by atoms with Crippen molar-refractivity contribution in [2.75, 3.05) is 4.90 Å².